The van der Waals surface area contributed by atoms with Gasteiger partial charge in [-0.1, -0.05) is 30.2 Å². The van der Waals surface area contributed by atoms with Gasteiger partial charge in [0.1, 0.15) is 0 Å². The van der Waals surface area contributed by atoms with E-state index in [-0.39, 0.29) is 5.91 Å². The Balaban J connectivity index is 2.18. The average Bonchev–Trinajstić information content (AvgIpc) is 3.11. The van der Waals surface area contributed by atoms with E-state index >= 15 is 0 Å². The molecule has 0 aliphatic heterocycles. The van der Waals surface area contributed by atoms with E-state index in [9.17, 15) is 4.79 Å². The van der Waals surface area contributed by atoms with Crippen LogP contribution in [-0.2, 0) is 20.0 Å². The predicted octanol–water partition coefficient (Wildman–Crippen LogP) is 2.37. The summed E-state index contributed by atoms with van der Waals surface area (Å²) in [5.74, 6) is 2.57. The number of imidazole rings is 1. The van der Waals surface area contributed by atoms with Crippen molar-refractivity contribution in [3.8, 4) is 12.3 Å². The minimum atomic E-state index is -0.370. The second-order valence-electron chi connectivity index (χ2n) is 5.11. The van der Waals surface area contributed by atoms with Gasteiger partial charge in [0.05, 0.1) is 16.8 Å². The van der Waals surface area contributed by atoms with E-state index in [4.69, 9.17) is 6.42 Å². The first kappa shape index (κ1) is 15.3. The third-order valence-electron chi connectivity index (χ3n) is 3.61. The first-order valence-corrected chi connectivity index (χ1v) is 8.07. The monoisotopic (exact) mass is 324 g/mol. The molecule has 2 heterocycles. The number of carbonyl (C=O) groups excluding carboxylic acids is 1. The Morgan fingerprint density at radius 2 is 2.30 bits per heavy atom. The van der Waals surface area contributed by atoms with Crippen molar-refractivity contribution < 1.29 is 4.79 Å². The van der Waals surface area contributed by atoms with Crippen LogP contribution in [-0.4, -0.2) is 20.0 Å². The lowest BCUT2D eigenvalue weighted by Gasteiger charge is -2.01. The van der Waals surface area contributed by atoms with Crippen LogP contribution >= 0.6 is 11.3 Å². The Morgan fingerprint density at radius 3 is 2.96 bits per heavy atom. The van der Waals surface area contributed by atoms with Gasteiger partial charge in [-0.25, -0.2) is 4.98 Å². The number of benzene rings is 1. The molecule has 3 rings (SSSR count). The zero-order valence-corrected chi connectivity index (χ0v) is 13.8. The number of carbonyl (C=O) groups is 1. The molecule has 6 heteroatoms. The highest BCUT2D eigenvalue weighted by Crippen LogP contribution is 2.19. The van der Waals surface area contributed by atoms with Crippen LogP contribution in [0.1, 0.15) is 23.1 Å². The molecule has 5 nitrogen and oxygen atoms in total. The molecule has 0 saturated heterocycles. The van der Waals surface area contributed by atoms with E-state index in [2.05, 4.69) is 35.0 Å². The summed E-state index contributed by atoms with van der Waals surface area (Å²) in [7, 11) is 1.77. The fourth-order valence-electron chi connectivity index (χ4n) is 2.38. The fourth-order valence-corrected chi connectivity index (χ4v) is 3.47. The lowest BCUT2D eigenvalue weighted by Crippen LogP contribution is -2.17. The molecule has 23 heavy (non-hydrogen) atoms. The molecule has 0 aliphatic rings. The zero-order valence-electron chi connectivity index (χ0n) is 13.0. The van der Waals surface area contributed by atoms with Gasteiger partial charge in [-0.15, -0.1) is 6.42 Å². The average molecular weight is 324 g/mol. The molecule has 0 atom stereocenters. The molecule has 0 N–H and O–H groups in total. The smallest absolute Gasteiger partial charge is 0.315 e. The summed E-state index contributed by atoms with van der Waals surface area (Å²) in [6, 6.07) is 6.23. The summed E-state index contributed by atoms with van der Waals surface area (Å²) in [5, 5.41) is 0. The second kappa shape index (κ2) is 6.23. The van der Waals surface area contributed by atoms with E-state index in [0.29, 0.717) is 17.2 Å². The number of hydrogen-bond donors (Lipinski definition) is 0. The fraction of sp³-hybridized carbons (Fsp3) is 0.235. The molecule has 0 aliphatic carbocycles. The van der Waals surface area contributed by atoms with Crippen molar-refractivity contribution >= 4 is 27.5 Å². The molecule has 0 saturated carbocycles. The van der Waals surface area contributed by atoms with E-state index in [1.165, 1.54) is 16.9 Å². The van der Waals surface area contributed by atoms with Crippen molar-refractivity contribution in [3.05, 3.63) is 46.8 Å². The molecule has 0 unspecified atom stereocenters. The molecule has 0 spiro atoms. The van der Waals surface area contributed by atoms with E-state index in [1.807, 2.05) is 10.6 Å². The Kier molecular flexibility index (Phi) is 4.13. The standard InChI is InChI=1S/C17H16N4OS/c1-4-9-21-13-7-6-12(5-2)11-14(13)23-17(21)19-16(22)15-18-8-10-20(15)3/h1,6-8,10-11H,5,9H2,2-3H3. The van der Waals surface area contributed by atoms with Crippen LogP contribution in [0.3, 0.4) is 0 Å². The van der Waals surface area contributed by atoms with Crippen molar-refractivity contribution in [2.75, 3.05) is 0 Å². The SMILES string of the molecule is C#CCn1c(=NC(=O)c2nccn2C)sc2cc(CC)ccc21. The van der Waals surface area contributed by atoms with Crippen LogP contribution < -0.4 is 4.80 Å². The third kappa shape index (κ3) is 2.83. The number of thiazole rings is 1. The van der Waals surface area contributed by atoms with Gasteiger partial charge in [0, 0.05) is 19.4 Å². The number of nitrogens with zero attached hydrogens (tertiary/aromatic N) is 4. The van der Waals surface area contributed by atoms with Crippen LogP contribution in [0.4, 0.5) is 0 Å². The highest BCUT2D eigenvalue weighted by molar-refractivity contribution is 7.16. The van der Waals surface area contributed by atoms with E-state index in [0.717, 1.165) is 16.6 Å². The van der Waals surface area contributed by atoms with Crippen LogP contribution in [0.5, 0.6) is 0 Å². The van der Waals surface area contributed by atoms with Crippen LogP contribution in [0.15, 0.2) is 35.6 Å². The number of fused-ring (bicyclic) bond motifs is 1. The minimum Gasteiger partial charge on any atom is -0.330 e. The summed E-state index contributed by atoms with van der Waals surface area (Å²) in [6.45, 7) is 2.48. The Labute approximate surface area is 137 Å². The van der Waals surface area contributed by atoms with E-state index < -0.39 is 0 Å². The lowest BCUT2D eigenvalue weighted by molar-refractivity contribution is 0.0985. The maximum Gasteiger partial charge on any atom is 0.315 e. The second-order valence-corrected chi connectivity index (χ2v) is 6.12. The van der Waals surface area contributed by atoms with Crippen molar-refractivity contribution in [1.82, 2.24) is 14.1 Å². The molecular weight excluding hydrogens is 308 g/mol. The number of aromatic nitrogens is 3. The van der Waals surface area contributed by atoms with Gasteiger partial charge in [0.2, 0.25) is 5.82 Å². The first-order valence-electron chi connectivity index (χ1n) is 7.26. The number of rotatable bonds is 3. The summed E-state index contributed by atoms with van der Waals surface area (Å²) >= 11 is 1.47. The maximum absolute atomic E-state index is 12.3. The molecular formula is C17H16N4OS. The molecule has 1 amide bonds. The van der Waals surface area contributed by atoms with Crippen molar-refractivity contribution in [3.63, 3.8) is 0 Å². The van der Waals surface area contributed by atoms with E-state index in [1.54, 1.807) is 24.0 Å². The number of aryl methyl sites for hydroxylation is 2. The van der Waals surface area contributed by atoms with Gasteiger partial charge in [-0.3, -0.25) is 4.79 Å². The Bertz CT molecular complexity index is 984. The largest absolute Gasteiger partial charge is 0.330 e. The Morgan fingerprint density at radius 1 is 1.48 bits per heavy atom. The van der Waals surface area contributed by atoms with Gasteiger partial charge in [-0.2, -0.15) is 4.99 Å². The molecule has 116 valence electrons. The van der Waals surface area contributed by atoms with Crippen molar-refractivity contribution in [2.45, 2.75) is 19.9 Å². The summed E-state index contributed by atoms with van der Waals surface area (Å²) < 4.78 is 4.62. The normalized spacial score (nSPS) is 11.8. The van der Waals surface area contributed by atoms with Crippen LogP contribution in [0.2, 0.25) is 0 Å². The van der Waals surface area contributed by atoms with Gasteiger partial charge in [-0.05, 0) is 24.1 Å². The minimum absolute atomic E-state index is 0.309. The number of amides is 1. The molecule has 0 bridgehead atoms. The van der Waals surface area contributed by atoms with Gasteiger partial charge in [0.15, 0.2) is 4.80 Å². The summed E-state index contributed by atoms with van der Waals surface area (Å²) in [6.07, 6.45) is 9.73. The Hall–Kier alpha value is -2.65. The predicted molar refractivity (Wildman–Crippen MR) is 91.1 cm³/mol. The van der Waals surface area contributed by atoms with Gasteiger partial charge in [0.25, 0.3) is 0 Å². The summed E-state index contributed by atoms with van der Waals surface area (Å²) in [5.41, 5.74) is 2.24. The first-order chi connectivity index (χ1) is 11.1. The van der Waals surface area contributed by atoms with Gasteiger partial charge >= 0.3 is 5.91 Å². The molecule has 3 aromatic rings. The highest BCUT2D eigenvalue weighted by Gasteiger charge is 2.12. The zero-order chi connectivity index (χ0) is 16.4. The van der Waals surface area contributed by atoms with Crippen molar-refractivity contribution in [1.29, 1.82) is 0 Å². The van der Waals surface area contributed by atoms with Crippen LogP contribution in [0.25, 0.3) is 10.2 Å². The topological polar surface area (TPSA) is 52.2 Å². The number of terminal acetylenes is 1. The molecule has 0 radical (unpaired) electrons. The van der Waals surface area contributed by atoms with Crippen molar-refractivity contribution in [2.24, 2.45) is 12.0 Å². The molecule has 1 aromatic carbocycles. The highest BCUT2D eigenvalue weighted by atomic mass is 32.1. The lowest BCUT2D eigenvalue weighted by atomic mass is 10.2. The number of hydrogen-bond acceptors (Lipinski definition) is 3. The molecule has 2 aromatic heterocycles. The third-order valence-corrected chi connectivity index (χ3v) is 4.66. The quantitative estimate of drug-likeness (QED) is 0.695. The van der Waals surface area contributed by atoms with Crippen LogP contribution in [0, 0.1) is 12.3 Å². The molecule has 0 fully saturated rings. The van der Waals surface area contributed by atoms with Gasteiger partial charge < -0.3 is 9.13 Å². The summed E-state index contributed by atoms with van der Waals surface area (Å²) in [4.78, 5) is 21.2. The maximum atomic E-state index is 12.3.